The summed E-state index contributed by atoms with van der Waals surface area (Å²) in [4.78, 5) is 22.8. The van der Waals surface area contributed by atoms with Gasteiger partial charge in [0, 0.05) is 46.6 Å². The molecule has 0 N–H and O–H groups in total. The number of nitrogens with zero attached hydrogens (tertiary/aromatic N) is 3. The number of amides is 1. The molecule has 186 valence electrons. The minimum Gasteiger partial charge on any atom is -0.346 e. The van der Waals surface area contributed by atoms with Crippen LogP contribution in [-0.2, 0) is 18.4 Å². The Hall–Kier alpha value is -3.34. The van der Waals surface area contributed by atoms with Crippen LogP contribution in [0.25, 0.3) is 0 Å². The number of rotatable bonds is 5. The van der Waals surface area contributed by atoms with Crippen LogP contribution in [0.15, 0.2) is 91.3 Å². The van der Waals surface area contributed by atoms with Crippen molar-refractivity contribution in [3.8, 4) is 0 Å². The molecule has 2 unspecified atom stereocenters. The van der Waals surface area contributed by atoms with Gasteiger partial charge in [-0.05, 0) is 78.4 Å². The third-order valence-electron chi connectivity index (χ3n) is 7.72. The predicted molar refractivity (Wildman–Crippen MR) is 149 cm³/mol. The van der Waals surface area contributed by atoms with Crippen LogP contribution < -0.4 is 4.90 Å². The van der Waals surface area contributed by atoms with Crippen LogP contribution in [0.3, 0.4) is 0 Å². The zero-order valence-electron chi connectivity index (χ0n) is 20.6. The molecule has 0 bridgehead atoms. The third kappa shape index (κ3) is 4.28. The van der Waals surface area contributed by atoms with Gasteiger partial charge in [0.1, 0.15) is 6.17 Å². The molecule has 2 aliphatic heterocycles. The van der Waals surface area contributed by atoms with E-state index in [-0.39, 0.29) is 17.5 Å². The predicted octanol–water partition coefficient (Wildman–Crippen LogP) is 7.07. The van der Waals surface area contributed by atoms with E-state index in [2.05, 4.69) is 63.3 Å². The Balaban J connectivity index is 1.47. The van der Waals surface area contributed by atoms with E-state index in [0.29, 0.717) is 23.7 Å². The molecule has 0 radical (unpaired) electrons. The molecule has 4 aromatic rings. The number of para-hydroxylation sites is 1. The largest absolute Gasteiger partial charge is 0.346 e. The van der Waals surface area contributed by atoms with Gasteiger partial charge in [0.2, 0.25) is 0 Å². The Bertz CT molecular complexity index is 1450. The van der Waals surface area contributed by atoms with Gasteiger partial charge in [0.15, 0.2) is 0 Å². The minimum atomic E-state index is -0.246. The summed E-state index contributed by atoms with van der Waals surface area (Å²) in [5.41, 5.74) is 6.19. The SMILES string of the molecule is Cc1cncc(C(=O)N2CCC3(Cc4ccc(Cl)cc4)c4ccccc4N(Cc4ccc(Cl)cc4)C23)c1. The van der Waals surface area contributed by atoms with Crippen LogP contribution in [0.1, 0.15) is 39.0 Å². The molecular weight excluding hydrogens is 501 g/mol. The Kier molecular flexibility index (Phi) is 6.18. The zero-order valence-corrected chi connectivity index (χ0v) is 22.1. The maximum atomic E-state index is 14.0. The van der Waals surface area contributed by atoms with Gasteiger partial charge in [-0.3, -0.25) is 9.78 Å². The topological polar surface area (TPSA) is 36.4 Å². The summed E-state index contributed by atoms with van der Waals surface area (Å²) >= 11 is 12.4. The summed E-state index contributed by atoms with van der Waals surface area (Å²) in [6, 6.07) is 26.6. The monoisotopic (exact) mass is 527 g/mol. The summed E-state index contributed by atoms with van der Waals surface area (Å²) in [5, 5.41) is 1.44. The zero-order chi connectivity index (χ0) is 25.6. The molecule has 0 spiro atoms. The van der Waals surface area contributed by atoms with E-state index in [1.165, 1.54) is 16.8 Å². The van der Waals surface area contributed by atoms with E-state index < -0.39 is 0 Å². The van der Waals surface area contributed by atoms with E-state index >= 15 is 0 Å². The first-order valence-electron chi connectivity index (χ1n) is 12.5. The molecule has 37 heavy (non-hydrogen) atoms. The summed E-state index contributed by atoms with van der Waals surface area (Å²) in [6.45, 7) is 3.32. The van der Waals surface area contributed by atoms with Gasteiger partial charge < -0.3 is 9.80 Å². The van der Waals surface area contributed by atoms with Gasteiger partial charge in [-0.25, -0.2) is 0 Å². The maximum Gasteiger partial charge on any atom is 0.257 e. The quantitative estimate of drug-likeness (QED) is 0.278. The van der Waals surface area contributed by atoms with Gasteiger partial charge in [0.25, 0.3) is 5.91 Å². The van der Waals surface area contributed by atoms with E-state index in [1.807, 2.05) is 37.3 Å². The van der Waals surface area contributed by atoms with Crippen LogP contribution in [0.4, 0.5) is 5.69 Å². The Labute approximate surface area is 227 Å². The lowest BCUT2D eigenvalue weighted by molar-refractivity contribution is 0.0708. The molecule has 1 saturated heterocycles. The van der Waals surface area contributed by atoms with E-state index in [4.69, 9.17) is 23.2 Å². The van der Waals surface area contributed by atoms with Crippen molar-refractivity contribution in [1.29, 1.82) is 0 Å². The molecule has 6 heteroatoms. The third-order valence-corrected chi connectivity index (χ3v) is 8.22. The highest BCUT2D eigenvalue weighted by Gasteiger charge is 2.58. The Morgan fingerprint density at radius 2 is 1.62 bits per heavy atom. The number of likely N-dealkylation sites (tertiary alicyclic amines) is 1. The van der Waals surface area contributed by atoms with Crippen LogP contribution in [-0.4, -0.2) is 28.5 Å². The Morgan fingerprint density at radius 3 is 2.32 bits per heavy atom. The first kappa shape index (κ1) is 24.0. The number of hydrogen-bond acceptors (Lipinski definition) is 3. The number of carbonyl (C=O) groups is 1. The number of carbonyl (C=O) groups excluding carboxylic acids is 1. The van der Waals surface area contributed by atoms with E-state index in [0.717, 1.165) is 29.0 Å². The lowest BCUT2D eigenvalue weighted by atomic mass is 9.74. The first-order valence-corrected chi connectivity index (χ1v) is 13.3. The van der Waals surface area contributed by atoms with Gasteiger partial charge in [-0.15, -0.1) is 0 Å². The highest BCUT2D eigenvalue weighted by molar-refractivity contribution is 6.30. The number of pyridine rings is 1. The lowest BCUT2D eigenvalue weighted by Gasteiger charge is -2.38. The highest BCUT2D eigenvalue weighted by atomic mass is 35.5. The number of anilines is 1. The standard InChI is InChI=1S/C31H27Cl2N3O/c1-21-16-24(19-34-18-21)29(37)35-15-14-31(17-22-6-10-25(32)11-7-22)27-4-2-3-5-28(27)36(30(31)35)20-23-8-12-26(33)13-9-23/h2-13,16,18-19,30H,14-15,17,20H2,1H3. The number of halogens is 2. The molecule has 2 atom stereocenters. The molecule has 0 saturated carbocycles. The van der Waals surface area contributed by atoms with E-state index in [1.54, 1.807) is 12.4 Å². The molecule has 3 heterocycles. The van der Waals surface area contributed by atoms with Crippen LogP contribution >= 0.6 is 23.2 Å². The summed E-state index contributed by atoms with van der Waals surface area (Å²) in [5.74, 6) is 0.0214. The number of fused-ring (bicyclic) bond motifs is 3. The number of aromatic nitrogens is 1. The Morgan fingerprint density at radius 1 is 0.946 bits per heavy atom. The molecule has 1 fully saturated rings. The van der Waals surface area contributed by atoms with E-state index in [9.17, 15) is 4.79 Å². The summed E-state index contributed by atoms with van der Waals surface area (Å²) in [6.07, 6.45) is 5.02. The molecule has 1 aromatic heterocycles. The number of benzene rings is 3. The molecular formula is C31H27Cl2N3O. The van der Waals surface area contributed by atoms with Crippen molar-refractivity contribution in [3.63, 3.8) is 0 Å². The minimum absolute atomic E-state index is 0.0214. The van der Waals surface area contributed by atoms with Gasteiger partial charge >= 0.3 is 0 Å². The van der Waals surface area contributed by atoms with Crippen molar-refractivity contribution >= 4 is 34.8 Å². The summed E-state index contributed by atoms with van der Waals surface area (Å²) in [7, 11) is 0. The smallest absolute Gasteiger partial charge is 0.257 e. The molecule has 3 aromatic carbocycles. The summed E-state index contributed by atoms with van der Waals surface area (Å²) < 4.78 is 0. The van der Waals surface area contributed by atoms with Gasteiger partial charge in [0.05, 0.1) is 5.56 Å². The van der Waals surface area contributed by atoms with Crippen molar-refractivity contribution in [2.24, 2.45) is 0 Å². The first-order chi connectivity index (χ1) is 17.9. The average Bonchev–Trinajstić information content (AvgIpc) is 3.40. The maximum absolute atomic E-state index is 14.0. The van der Waals surface area contributed by atoms with Crippen LogP contribution in [0, 0.1) is 6.92 Å². The molecule has 1 amide bonds. The second-order valence-electron chi connectivity index (χ2n) is 10.1. The van der Waals surface area contributed by atoms with Crippen LogP contribution in [0.2, 0.25) is 10.0 Å². The number of aryl methyl sites for hydroxylation is 1. The molecule has 2 aliphatic rings. The van der Waals surface area contributed by atoms with Gasteiger partial charge in [-0.2, -0.15) is 0 Å². The second-order valence-corrected chi connectivity index (χ2v) is 11.0. The average molecular weight is 528 g/mol. The van der Waals surface area contributed by atoms with Crippen molar-refractivity contribution in [3.05, 3.63) is 129 Å². The second kappa shape index (κ2) is 9.51. The molecule has 6 rings (SSSR count). The lowest BCUT2D eigenvalue weighted by Crippen LogP contribution is -2.52. The highest BCUT2D eigenvalue weighted by Crippen LogP contribution is 2.54. The molecule has 0 aliphatic carbocycles. The van der Waals surface area contributed by atoms with Crippen LogP contribution in [0.5, 0.6) is 0 Å². The van der Waals surface area contributed by atoms with Crippen molar-refractivity contribution in [1.82, 2.24) is 9.88 Å². The number of hydrogen-bond donors (Lipinski definition) is 0. The van der Waals surface area contributed by atoms with Crippen molar-refractivity contribution < 1.29 is 4.79 Å². The normalized spacial score (nSPS) is 20.1. The van der Waals surface area contributed by atoms with Crippen molar-refractivity contribution in [2.45, 2.75) is 37.9 Å². The molecule has 4 nitrogen and oxygen atoms in total. The fourth-order valence-electron chi connectivity index (χ4n) is 6.14. The van der Waals surface area contributed by atoms with Gasteiger partial charge in [-0.1, -0.05) is 65.7 Å². The van der Waals surface area contributed by atoms with Crippen molar-refractivity contribution in [2.75, 3.05) is 11.4 Å². The fourth-order valence-corrected chi connectivity index (χ4v) is 6.39. The fraction of sp³-hybridized carbons (Fsp3) is 0.226.